The maximum atomic E-state index is 12.3. The summed E-state index contributed by atoms with van der Waals surface area (Å²) in [5, 5.41) is 16.5. The predicted octanol–water partition coefficient (Wildman–Crippen LogP) is 2.61. The zero-order valence-corrected chi connectivity index (χ0v) is 12.2. The minimum atomic E-state index is -1.17. The molecule has 0 fully saturated rings. The van der Waals surface area contributed by atoms with Gasteiger partial charge < -0.3 is 5.11 Å². The SMILES string of the molecule is CCCn1nc(-c2cccs2)cc(C(C)(C)O)c1=O. The zero-order chi connectivity index (χ0) is 14.0. The number of nitrogens with zero attached hydrogens (tertiary/aromatic N) is 2. The number of aryl methyl sites for hydroxylation is 1. The van der Waals surface area contributed by atoms with Gasteiger partial charge in [0.05, 0.1) is 16.0 Å². The second kappa shape index (κ2) is 5.27. The Kier molecular flexibility index (Phi) is 3.87. The molecule has 1 N–H and O–H groups in total. The third-order valence-corrected chi connectivity index (χ3v) is 3.73. The van der Waals surface area contributed by atoms with Crippen molar-refractivity contribution in [2.24, 2.45) is 0 Å². The van der Waals surface area contributed by atoms with Crippen LogP contribution in [0.3, 0.4) is 0 Å². The molecule has 4 nitrogen and oxygen atoms in total. The molecule has 0 amide bonds. The first kappa shape index (κ1) is 14.0. The maximum absolute atomic E-state index is 12.3. The van der Waals surface area contributed by atoms with Gasteiger partial charge in [-0.3, -0.25) is 4.79 Å². The van der Waals surface area contributed by atoms with E-state index in [-0.39, 0.29) is 5.56 Å². The Bertz CT molecular complexity index is 609. The van der Waals surface area contributed by atoms with Gasteiger partial charge in [0.2, 0.25) is 0 Å². The van der Waals surface area contributed by atoms with Crippen molar-refractivity contribution in [2.75, 3.05) is 0 Å². The molecule has 0 saturated carbocycles. The van der Waals surface area contributed by atoms with Crippen LogP contribution in [0, 0.1) is 0 Å². The largest absolute Gasteiger partial charge is 0.386 e. The van der Waals surface area contributed by atoms with Gasteiger partial charge in [-0.1, -0.05) is 13.0 Å². The number of rotatable bonds is 4. The fourth-order valence-electron chi connectivity index (χ4n) is 1.89. The van der Waals surface area contributed by atoms with Gasteiger partial charge in [-0.15, -0.1) is 11.3 Å². The number of hydrogen-bond acceptors (Lipinski definition) is 4. The first-order valence-electron chi connectivity index (χ1n) is 6.32. The first-order chi connectivity index (χ1) is 8.93. The summed E-state index contributed by atoms with van der Waals surface area (Å²) in [7, 11) is 0. The van der Waals surface area contributed by atoms with Gasteiger partial charge in [0.15, 0.2) is 0 Å². The van der Waals surface area contributed by atoms with Crippen LogP contribution in [0.5, 0.6) is 0 Å². The molecule has 0 aliphatic rings. The van der Waals surface area contributed by atoms with Gasteiger partial charge in [-0.25, -0.2) is 4.68 Å². The second-order valence-corrected chi connectivity index (χ2v) is 5.96. The van der Waals surface area contributed by atoms with Crippen LogP contribution in [0.1, 0.15) is 32.8 Å². The van der Waals surface area contributed by atoms with E-state index < -0.39 is 5.60 Å². The van der Waals surface area contributed by atoms with E-state index in [0.717, 1.165) is 17.0 Å². The van der Waals surface area contributed by atoms with E-state index in [0.29, 0.717) is 12.1 Å². The number of aromatic nitrogens is 2. The smallest absolute Gasteiger partial charge is 0.272 e. The Morgan fingerprint density at radius 2 is 2.21 bits per heavy atom. The van der Waals surface area contributed by atoms with Crippen LogP contribution in [0.25, 0.3) is 10.6 Å². The summed E-state index contributed by atoms with van der Waals surface area (Å²) < 4.78 is 1.45. The highest BCUT2D eigenvalue weighted by molar-refractivity contribution is 7.13. The molecule has 0 aromatic carbocycles. The molecule has 102 valence electrons. The van der Waals surface area contributed by atoms with E-state index in [4.69, 9.17) is 0 Å². The fourth-order valence-corrected chi connectivity index (χ4v) is 2.57. The predicted molar refractivity (Wildman–Crippen MR) is 77.3 cm³/mol. The highest BCUT2D eigenvalue weighted by Crippen LogP contribution is 2.25. The van der Waals surface area contributed by atoms with Crippen molar-refractivity contribution in [1.82, 2.24) is 9.78 Å². The van der Waals surface area contributed by atoms with Crippen molar-refractivity contribution in [3.63, 3.8) is 0 Å². The van der Waals surface area contributed by atoms with Gasteiger partial charge in [0.1, 0.15) is 5.69 Å². The van der Waals surface area contributed by atoms with E-state index >= 15 is 0 Å². The van der Waals surface area contributed by atoms with Crippen molar-refractivity contribution in [2.45, 2.75) is 39.3 Å². The van der Waals surface area contributed by atoms with Crippen LogP contribution in [0.15, 0.2) is 28.4 Å². The normalized spacial score (nSPS) is 11.8. The molecule has 0 aliphatic heterocycles. The van der Waals surface area contributed by atoms with Crippen molar-refractivity contribution >= 4 is 11.3 Å². The lowest BCUT2D eigenvalue weighted by molar-refractivity contribution is 0.0761. The van der Waals surface area contributed by atoms with Gasteiger partial charge >= 0.3 is 0 Å². The molecular formula is C14H18N2O2S. The molecule has 5 heteroatoms. The molecule has 19 heavy (non-hydrogen) atoms. The van der Waals surface area contributed by atoms with Gasteiger partial charge in [0.25, 0.3) is 5.56 Å². The number of thiophene rings is 1. The molecule has 0 radical (unpaired) electrons. The van der Waals surface area contributed by atoms with Crippen LogP contribution >= 0.6 is 11.3 Å². The minimum absolute atomic E-state index is 0.213. The summed E-state index contributed by atoms with van der Waals surface area (Å²) in [6, 6.07) is 5.60. The second-order valence-electron chi connectivity index (χ2n) is 5.01. The monoisotopic (exact) mass is 278 g/mol. The summed E-state index contributed by atoms with van der Waals surface area (Å²) in [6.45, 7) is 5.80. The molecule has 0 atom stereocenters. The lowest BCUT2D eigenvalue weighted by Crippen LogP contribution is -2.33. The average Bonchev–Trinajstić information content (AvgIpc) is 2.84. The third kappa shape index (κ3) is 2.93. The third-order valence-electron chi connectivity index (χ3n) is 2.84. The summed E-state index contributed by atoms with van der Waals surface area (Å²) in [5.41, 5.74) is -0.254. The van der Waals surface area contributed by atoms with E-state index in [1.807, 2.05) is 24.4 Å². The van der Waals surface area contributed by atoms with Crippen LogP contribution in [-0.4, -0.2) is 14.9 Å². The van der Waals surface area contributed by atoms with Gasteiger partial charge in [0, 0.05) is 6.54 Å². The fraction of sp³-hybridized carbons (Fsp3) is 0.429. The molecular weight excluding hydrogens is 260 g/mol. The van der Waals surface area contributed by atoms with Crippen molar-refractivity contribution in [3.05, 3.63) is 39.5 Å². The Labute approximate surface area is 116 Å². The van der Waals surface area contributed by atoms with E-state index in [1.165, 1.54) is 4.68 Å². The van der Waals surface area contributed by atoms with Crippen molar-refractivity contribution < 1.29 is 5.11 Å². The Morgan fingerprint density at radius 1 is 1.47 bits per heavy atom. The molecule has 0 bridgehead atoms. The Morgan fingerprint density at radius 3 is 2.74 bits per heavy atom. The minimum Gasteiger partial charge on any atom is -0.386 e. The summed E-state index contributed by atoms with van der Waals surface area (Å²) in [5.74, 6) is 0. The highest BCUT2D eigenvalue weighted by atomic mass is 32.1. The van der Waals surface area contributed by atoms with E-state index in [1.54, 1.807) is 31.3 Å². The Balaban J connectivity index is 2.64. The van der Waals surface area contributed by atoms with E-state index in [9.17, 15) is 9.90 Å². The lowest BCUT2D eigenvalue weighted by atomic mass is 9.99. The maximum Gasteiger partial charge on any atom is 0.272 e. The van der Waals surface area contributed by atoms with Crippen molar-refractivity contribution in [3.8, 4) is 10.6 Å². The van der Waals surface area contributed by atoms with Gasteiger partial charge in [-0.05, 0) is 37.8 Å². The average molecular weight is 278 g/mol. The molecule has 0 unspecified atom stereocenters. The standard InChI is InChI=1S/C14H18N2O2S/c1-4-7-16-13(17)10(14(2,3)18)9-11(15-16)12-6-5-8-19-12/h5-6,8-9,18H,4,7H2,1-3H3. The Hall–Kier alpha value is -1.46. The first-order valence-corrected chi connectivity index (χ1v) is 7.20. The van der Waals surface area contributed by atoms with Crippen LogP contribution < -0.4 is 5.56 Å². The topological polar surface area (TPSA) is 55.1 Å². The molecule has 2 heterocycles. The molecule has 2 aromatic rings. The molecule has 2 rings (SSSR count). The molecule has 0 spiro atoms. The molecule has 0 aliphatic carbocycles. The summed E-state index contributed by atoms with van der Waals surface area (Å²) in [6.07, 6.45) is 0.825. The van der Waals surface area contributed by atoms with E-state index in [2.05, 4.69) is 5.10 Å². The summed E-state index contributed by atoms with van der Waals surface area (Å²) in [4.78, 5) is 13.3. The van der Waals surface area contributed by atoms with Crippen LogP contribution in [0.4, 0.5) is 0 Å². The van der Waals surface area contributed by atoms with Crippen molar-refractivity contribution in [1.29, 1.82) is 0 Å². The highest BCUT2D eigenvalue weighted by Gasteiger charge is 2.23. The van der Waals surface area contributed by atoms with Crippen LogP contribution in [0.2, 0.25) is 0 Å². The zero-order valence-electron chi connectivity index (χ0n) is 11.4. The van der Waals surface area contributed by atoms with Crippen LogP contribution in [-0.2, 0) is 12.1 Å². The number of aliphatic hydroxyl groups is 1. The van der Waals surface area contributed by atoms with Gasteiger partial charge in [-0.2, -0.15) is 5.10 Å². The quantitative estimate of drug-likeness (QED) is 0.935. The molecule has 0 saturated heterocycles. The number of hydrogen-bond donors (Lipinski definition) is 1. The molecule has 2 aromatic heterocycles. The lowest BCUT2D eigenvalue weighted by Gasteiger charge is -2.19. The summed E-state index contributed by atoms with van der Waals surface area (Å²) >= 11 is 1.57.